The van der Waals surface area contributed by atoms with E-state index in [1.165, 1.54) is 16.2 Å². The van der Waals surface area contributed by atoms with Crippen molar-refractivity contribution >= 4 is 29.0 Å². The molecule has 2 aromatic rings. The van der Waals surface area contributed by atoms with Gasteiger partial charge in [0.25, 0.3) is 5.91 Å². The highest BCUT2D eigenvalue weighted by molar-refractivity contribution is 7.15. The number of amides is 3. The molecule has 0 spiro atoms. The fourth-order valence-corrected chi connectivity index (χ4v) is 3.86. The molecule has 1 fully saturated rings. The van der Waals surface area contributed by atoms with Gasteiger partial charge in [-0.25, -0.2) is 4.79 Å². The van der Waals surface area contributed by atoms with Crippen LogP contribution in [0.2, 0.25) is 0 Å². The number of benzene rings is 1. The third-order valence-electron chi connectivity index (χ3n) is 4.17. The van der Waals surface area contributed by atoms with Gasteiger partial charge in [-0.2, -0.15) is 0 Å². The summed E-state index contributed by atoms with van der Waals surface area (Å²) in [6, 6.07) is 10.6. The van der Waals surface area contributed by atoms with Crippen molar-refractivity contribution in [3.8, 4) is 11.8 Å². The molecule has 7 heteroatoms. The van der Waals surface area contributed by atoms with Gasteiger partial charge in [0.1, 0.15) is 4.88 Å². The Morgan fingerprint density at radius 3 is 2.58 bits per heavy atom. The number of nitrogens with two attached hydrogens (primary N) is 2. The highest BCUT2D eigenvalue weighted by Gasteiger charge is 2.29. The Bertz CT molecular complexity index is 861. The number of carbonyl (C=O) groups is 2. The largest absolute Gasteiger partial charge is 0.365 e. The predicted octanol–water partition coefficient (Wildman–Crippen LogP) is 1.88. The van der Waals surface area contributed by atoms with E-state index in [0.29, 0.717) is 22.0 Å². The molecule has 0 radical (unpaired) electrons. The molecule has 2 heterocycles. The lowest BCUT2D eigenvalue weighted by Crippen LogP contribution is -2.51. The second-order valence-corrected chi connectivity index (χ2v) is 7.07. The Kier molecular flexibility index (Phi) is 5.56. The Labute approximate surface area is 156 Å². The van der Waals surface area contributed by atoms with Crippen molar-refractivity contribution in [2.24, 2.45) is 11.5 Å². The number of hydrogen-bond donors (Lipinski definition) is 3. The van der Waals surface area contributed by atoms with Crippen LogP contribution < -0.4 is 21.7 Å². The minimum atomic E-state index is -0.596. The van der Waals surface area contributed by atoms with Crippen LogP contribution in [0, 0.1) is 11.8 Å². The minimum Gasteiger partial charge on any atom is -0.365 e. The summed E-state index contributed by atoms with van der Waals surface area (Å²) in [7, 11) is 0. The average Bonchev–Trinajstić information content (AvgIpc) is 3.06. The molecule has 5 N–H and O–H groups in total. The molecule has 26 heavy (non-hydrogen) atoms. The molecular formula is C19H20N4O2S. The third-order valence-corrected chi connectivity index (χ3v) is 5.23. The topological polar surface area (TPSA) is 101 Å². The molecule has 1 saturated heterocycles. The Balaban J connectivity index is 1.97. The first kappa shape index (κ1) is 18.0. The first-order valence-corrected chi connectivity index (χ1v) is 9.18. The summed E-state index contributed by atoms with van der Waals surface area (Å²) in [4.78, 5) is 26.4. The Morgan fingerprint density at radius 2 is 1.96 bits per heavy atom. The van der Waals surface area contributed by atoms with E-state index in [0.717, 1.165) is 24.9 Å². The van der Waals surface area contributed by atoms with Crippen LogP contribution in [0.15, 0.2) is 36.4 Å². The lowest BCUT2D eigenvalue weighted by atomic mass is 10.1. The molecule has 3 amide bonds. The van der Waals surface area contributed by atoms with Crippen molar-refractivity contribution in [1.82, 2.24) is 5.32 Å². The second-order valence-electron chi connectivity index (χ2n) is 6.01. The monoisotopic (exact) mass is 368 g/mol. The predicted molar refractivity (Wildman–Crippen MR) is 103 cm³/mol. The molecule has 1 aliphatic rings. The standard InChI is InChI=1S/C19H20N4O2S/c20-18(24)17-16(23(19(21)25)14-7-4-10-22-12-14)11-15(26-17)9-8-13-5-2-1-3-6-13/h1-3,5-6,11,14,22H,4,7,10,12H2,(H2,20,24)(H2,21,25)/t14-/m0/s1. The summed E-state index contributed by atoms with van der Waals surface area (Å²) in [5.74, 6) is 5.50. The number of thiophene rings is 1. The summed E-state index contributed by atoms with van der Waals surface area (Å²) >= 11 is 1.18. The third kappa shape index (κ3) is 4.04. The highest BCUT2D eigenvalue weighted by atomic mass is 32.1. The zero-order valence-corrected chi connectivity index (χ0v) is 15.0. The molecule has 1 atom stereocenters. The van der Waals surface area contributed by atoms with E-state index in [1.807, 2.05) is 30.3 Å². The summed E-state index contributed by atoms with van der Waals surface area (Å²) in [5.41, 5.74) is 12.5. The van der Waals surface area contributed by atoms with E-state index in [4.69, 9.17) is 11.5 Å². The molecular weight excluding hydrogens is 348 g/mol. The van der Waals surface area contributed by atoms with Crippen molar-refractivity contribution in [3.05, 3.63) is 51.7 Å². The minimum absolute atomic E-state index is 0.108. The number of urea groups is 1. The van der Waals surface area contributed by atoms with Crippen LogP contribution in [0.4, 0.5) is 10.5 Å². The quantitative estimate of drug-likeness (QED) is 0.721. The van der Waals surface area contributed by atoms with Gasteiger partial charge in [-0.05, 0) is 37.6 Å². The lowest BCUT2D eigenvalue weighted by Gasteiger charge is -2.33. The normalized spacial score (nSPS) is 16.4. The maximum Gasteiger partial charge on any atom is 0.319 e. The number of nitrogens with zero attached hydrogens (tertiary/aromatic N) is 1. The molecule has 1 aromatic heterocycles. The summed E-state index contributed by atoms with van der Waals surface area (Å²) in [6.45, 7) is 1.53. The number of carbonyl (C=O) groups excluding carboxylic acids is 2. The van der Waals surface area contributed by atoms with Gasteiger partial charge in [0, 0.05) is 12.1 Å². The van der Waals surface area contributed by atoms with Crippen LogP contribution in [-0.4, -0.2) is 31.1 Å². The fraction of sp³-hybridized carbons (Fsp3) is 0.263. The molecule has 0 aliphatic carbocycles. The van der Waals surface area contributed by atoms with E-state index < -0.39 is 11.9 Å². The number of hydrogen-bond acceptors (Lipinski definition) is 4. The summed E-state index contributed by atoms with van der Waals surface area (Å²) in [5, 5.41) is 3.25. The van der Waals surface area contributed by atoms with Gasteiger partial charge in [0.15, 0.2) is 0 Å². The second kappa shape index (κ2) is 8.04. The molecule has 0 bridgehead atoms. The summed E-state index contributed by atoms with van der Waals surface area (Å²) in [6.07, 6.45) is 1.75. The van der Waals surface area contributed by atoms with Gasteiger partial charge in [-0.15, -0.1) is 11.3 Å². The number of piperidine rings is 1. The number of primary amides is 2. The maximum absolute atomic E-state index is 12.1. The molecule has 1 aliphatic heterocycles. The van der Waals surface area contributed by atoms with Crippen LogP contribution in [0.25, 0.3) is 0 Å². The van der Waals surface area contributed by atoms with Gasteiger partial charge in [0.2, 0.25) is 0 Å². The van der Waals surface area contributed by atoms with Crippen molar-refractivity contribution in [2.75, 3.05) is 18.0 Å². The van der Waals surface area contributed by atoms with Crippen molar-refractivity contribution in [2.45, 2.75) is 18.9 Å². The van der Waals surface area contributed by atoms with Gasteiger partial charge in [-0.3, -0.25) is 9.69 Å². The van der Waals surface area contributed by atoms with Gasteiger partial charge >= 0.3 is 6.03 Å². The number of anilines is 1. The van der Waals surface area contributed by atoms with Crippen LogP contribution in [0.5, 0.6) is 0 Å². The first-order chi connectivity index (χ1) is 12.6. The van der Waals surface area contributed by atoms with Crippen LogP contribution >= 0.6 is 11.3 Å². The number of nitrogens with one attached hydrogen (secondary N) is 1. The molecule has 1 aromatic carbocycles. The zero-order valence-electron chi connectivity index (χ0n) is 14.2. The van der Waals surface area contributed by atoms with Gasteiger partial charge in [-0.1, -0.05) is 30.0 Å². The summed E-state index contributed by atoms with van der Waals surface area (Å²) < 4.78 is 0. The smallest absolute Gasteiger partial charge is 0.319 e. The number of rotatable bonds is 3. The van der Waals surface area contributed by atoms with Crippen molar-refractivity contribution in [3.63, 3.8) is 0 Å². The Morgan fingerprint density at radius 1 is 1.19 bits per heavy atom. The molecule has 134 valence electrons. The van der Waals surface area contributed by atoms with Crippen LogP contribution in [-0.2, 0) is 0 Å². The fourth-order valence-electron chi connectivity index (χ4n) is 3.00. The van der Waals surface area contributed by atoms with E-state index in [2.05, 4.69) is 17.2 Å². The van der Waals surface area contributed by atoms with Gasteiger partial charge < -0.3 is 16.8 Å². The SMILES string of the molecule is NC(=O)c1sc(C#Cc2ccccc2)cc1N(C(N)=O)[C@H]1CCCNC1. The lowest BCUT2D eigenvalue weighted by molar-refractivity contribution is 0.100. The molecule has 3 rings (SSSR count). The zero-order chi connectivity index (χ0) is 18.5. The van der Waals surface area contributed by atoms with E-state index in [-0.39, 0.29) is 6.04 Å². The molecule has 0 unspecified atom stereocenters. The maximum atomic E-state index is 12.1. The Hall–Kier alpha value is -2.82. The van der Waals surface area contributed by atoms with Crippen molar-refractivity contribution in [1.29, 1.82) is 0 Å². The van der Waals surface area contributed by atoms with E-state index >= 15 is 0 Å². The highest BCUT2D eigenvalue weighted by Crippen LogP contribution is 2.32. The van der Waals surface area contributed by atoms with E-state index in [1.54, 1.807) is 6.07 Å². The van der Waals surface area contributed by atoms with Crippen LogP contribution in [0.3, 0.4) is 0 Å². The van der Waals surface area contributed by atoms with Crippen molar-refractivity contribution < 1.29 is 9.59 Å². The van der Waals surface area contributed by atoms with Crippen LogP contribution in [0.1, 0.15) is 33.0 Å². The van der Waals surface area contributed by atoms with E-state index in [9.17, 15) is 9.59 Å². The van der Waals surface area contributed by atoms with Gasteiger partial charge in [0.05, 0.1) is 16.6 Å². The average molecular weight is 368 g/mol. The first-order valence-electron chi connectivity index (χ1n) is 8.36. The molecule has 0 saturated carbocycles. The molecule has 6 nitrogen and oxygen atoms in total.